The summed E-state index contributed by atoms with van der Waals surface area (Å²) in [5.41, 5.74) is 6.89. The van der Waals surface area contributed by atoms with Crippen molar-refractivity contribution in [2.45, 2.75) is 19.8 Å². The first-order valence-electron chi connectivity index (χ1n) is 16.8. The summed E-state index contributed by atoms with van der Waals surface area (Å²) in [6.45, 7) is 10.7. The van der Waals surface area contributed by atoms with Crippen LogP contribution in [-0.4, -0.2) is 84.9 Å². The minimum atomic E-state index is 0. The van der Waals surface area contributed by atoms with Gasteiger partial charge in [-0.05, 0) is 126 Å². The van der Waals surface area contributed by atoms with Crippen LogP contribution in [0.5, 0.6) is 5.75 Å². The normalized spacial score (nSPS) is 17.5. The molecule has 0 atom stereocenters. The van der Waals surface area contributed by atoms with E-state index in [4.69, 9.17) is 9.72 Å². The number of methoxy groups -OCH3 is 1. The van der Waals surface area contributed by atoms with Crippen molar-refractivity contribution in [3.8, 4) is 5.75 Å². The molecular weight excluding hydrogens is 636 g/mol. The summed E-state index contributed by atoms with van der Waals surface area (Å²) < 4.78 is 7.72. The van der Waals surface area contributed by atoms with Crippen molar-refractivity contribution in [3.05, 3.63) is 135 Å². The first kappa shape index (κ1) is 36.4. The minimum absolute atomic E-state index is 0. The third-order valence-corrected chi connectivity index (χ3v) is 8.84. The Balaban J connectivity index is 0.000000689. The van der Waals surface area contributed by atoms with E-state index < -0.39 is 0 Å². The molecular formula is C40H46FeN6O+2. The number of nitrogens with one attached hydrogen (secondary N) is 1. The van der Waals surface area contributed by atoms with Crippen LogP contribution in [0, 0.1) is 70.6 Å². The first-order chi connectivity index (χ1) is 23.2. The monoisotopic (exact) mass is 682 g/mol. The fourth-order valence-corrected chi connectivity index (χ4v) is 6.40. The summed E-state index contributed by atoms with van der Waals surface area (Å²) in [5.74, 6) is 3.09. The number of benzene rings is 2. The summed E-state index contributed by atoms with van der Waals surface area (Å²) in [4.78, 5) is 14.9. The molecule has 10 radical (unpaired) electrons. The summed E-state index contributed by atoms with van der Waals surface area (Å²) >= 11 is 0. The first-order valence-corrected chi connectivity index (χ1v) is 16.8. The summed E-state index contributed by atoms with van der Waals surface area (Å²) in [6, 6.07) is 16.4. The molecule has 2 aromatic heterocycles. The second kappa shape index (κ2) is 18.7. The Morgan fingerprint density at radius 1 is 0.833 bits per heavy atom. The van der Waals surface area contributed by atoms with E-state index in [0.29, 0.717) is 0 Å². The van der Waals surface area contributed by atoms with Crippen LogP contribution >= 0.6 is 0 Å². The zero-order valence-corrected chi connectivity index (χ0v) is 29.1. The van der Waals surface area contributed by atoms with Crippen molar-refractivity contribution in [2.75, 3.05) is 64.8 Å². The maximum Gasteiger partial charge on any atom is 2.00 e. The number of aromatic nitrogens is 2. The summed E-state index contributed by atoms with van der Waals surface area (Å²) in [6.07, 6.45) is 24.9. The van der Waals surface area contributed by atoms with Gasteiger partial charge in [0.2, 0.25) is 0 Å². The molecule has 2 aliphatic carbocycles. The van der Waals surface area contributed by atoms with Crippen molar-refractivity contribution in [2.24, 2.45) is 4.99 Å². The molecule has 1 aliphatic heterocycles. The molecule has 1 saturated heterocycles. The van der Waals surface area contributed by atoms with E-state index in [1.807, 2.05) is 62.6 Å². The van der Waals surface area contributed by atoms with E-state index in [0.717, 1.165) is 93.4 Å². The van der Waals surface area contributed by atoms with E-state index >= 15 is 0 Å². The number of hydrogen-bond acceptors (Lipinski definition) is 6. The van der Waals surface area contributed by atoms with Crippen LogP contribution in [0.3, 0.4) is 0 Å². The molecule has 7 rings (SSSR count). The standard InChI is InChI=1S/C35H41N6O.C5H5.Fe/c1-27-26-41-31-15-7-6-14-30(31)38-35(34(41)33(27)28-11-3-4-12-28)37-18-10-20-40-23-21-39(22-24-40)19-9-17-36-25-29-13-5-8-16-32(29)42-2;1-2-4-5-3-1;/h3-8,11-16,25-26H,9-10,17-24H2,1-2H3,(H,37,38);1-5H;/q;;+2. The number of anilines is 1. The number of nitrogens with zero attached hydrogens (tertiary/aromatic N) is 5. The second-order valence-corrected chi connectivity index (χ2v) is 12.1. The Labute approximate surface area is 299 Å². The molecule has 248 valence electrons. The maximum absolute atomic E-state index is 5.40. The van der Waals surface area contributed by atoms with Gasteiger partial charge in [0.1, 0.15) is 5.75 Å². The molecule has 0 bridgehead atoms. The van der Waals surface area contributed by atoms with Crippen molar-refractivity contribution in [1.82, 2.24) is 19.2 Å². The zero-order valence-electron chi connectivity index (χ0n) is 28.0. The van der Waals surface area contributed by atoms with Crippen molar-refractivity contribution >= 4 is 28.6 Å². The van der Waals surface area contributed by atoms with E-state index in [1.165, 1.54) is 22.6 Å². The van der Waals surface area contributed by atoms with Crippen LogP contribution in [0.4, 0.5) is 5.82 Å². The number of para-hydroxylation sites is 3. The third-order valence-electron chi connectivity index (χ3n) is 8.84. The predicted octanol–water partition coefficient (Wildman–Crippen LogP) is 6.51. The van der Waals surface area contributed by atoms with Crippen LogP contribution < -0.4 is 10.1 Å². The summed E-state index contributed by atoms with van der Waals surface area (Å²) in [7, 11) is 1.70. The Bertz CT molecular complexity index is 1580. The van der Waals surface area contributed by atoms with Gasteiger partial charge in [-0.2, -0.15) is 0 Å². The fraction of sp³-hybridized carbons (Fsp3) is 0.300. The molecule has 0 spiro atoms. The number of rotatable bonds is 12. The Morgan fingerprint density at radius 3 is 2.19 bits per heavy atom. The fourth-order valence-electron chi connectivity index (χ4n) is 6.40. The average molecular weight is 683 g/mol. The zero-order chi connectivity index (χ0) is 32.3. The van der Waals surface area contributed by atoms with Crippen LogP contribution in [0.15, 0.2) is 59.7 Å². The SMILES string of the molecule is COc1ccccc1C=NCCCN1CCN(CCCNc2nc3ccccc3n3cc(C)c([C]4[CH][CH][CH][CH]4)c23)CC1.[CH]1[CH][CH][CH][CH]1.[Fe+2]. The molecule has 0 amide bonds. The molecule has 4 aromatic rings. The van der Waals surface area contributed by atoms with E-state index in [-0.39, 0.29) is 17.1 Å². The minimum Gasteiger partial charge on any atom is -0.496 e. The topological polar surface area (TPSA) is 57.4 Å². The van der Waals surface area contributed by atoms with Gasteiger partial charge in [0, 0.05) is 63.2 Å². The van der Waals surface area contributed by atoms with Crippen molar-refractivity contribution < 1.29 is 21.8 Å². The molecule has 7 nitrogen and oxygen atoms in total. The Morgan fingerprint density at radius 2 is 1.48 bits per heavy atom. The van der Waals surface area contributed by atoms with Crippen LogP contribution in [0.1, 0.15) is 29.5 Å². The Kier molecular flexibility index (Phi) is 14.2. The number of ether oxygens (including phenoxy) is 1. The van der Waals surface area contributed by atoms with E-state index in [9.17, 15) is 0 Å². The molecule has 48 heavy (non-hydrogen) atoms. The quantitative estimate of drug-likeness (QED) is 0.105. The third kappa shape index (κ3) is 9.41. The maximum atomic E-state index is 5.40. The van der Waals surface area contributed by atoms with Crippen LogP contribution in [-0.2, 0) is 17.1 Å². The molecule has 0 unspecified atom stereocenters. The van der Waals surface area contributed by atoms with Gasteiger partial charge in [-0.1, -0.05) is 24.3 Å². The van der Waals surface area contributed by atoms with Gasteiger partial charge in [-0.3, -0.25) is 4.99 Å². The average Bonchev–Trinajstić information content (AvgIpc) is 3.91. The molecule has 3 fully saturated rings. The number of aliphatic imine (C=N–C) groups is 1. The second-order valence-electron chi connectivity index (χ2n) is 12.1. The summed E-state index contributed by atoms with van der Waals surface area (Å²) in [5, 5.41) is 3.71. The van der Waals surface area contributed by atoms with Gasteiger partial charge < -0.3 is 24.3 Å². The number of piperazine rings is 1. The molecule has 3 heterocycles. The predicted molar refractivity (Wildman–Crippen MR) is 195 cm³/mol. The molecule has 1 N–H and O–H groups in total. The van der Waals surface area contributed by atoms with Gasteiger partial charge >= 0.3 is 17.1 Å². The van der Waals surface area contributed by atoms with Gasteiger partial charge in [0.15, 0.2) is 5.82 Å². The van der Waals surface area contributed by atoms with E-state index in [2.05, 4.69) is 87.6 Å². The van der Waals surface area contributed by atoms with Gasteiger partial charge in [-0.25, -0.2) is 4.98 Å². The molecule has 8 heteroatoms. The largest absolute Gasteiger partial charge is 2.00 e. The van der Waals surface area contributed by atoms with Crippen molar-refractivity contribution in [1.29, 1.82) is 0 Å². The van der Waals surface area contributed by atoms with Gasteiger partial charge in [0.05, 0.1) is 23.7 Å². The van der Waals surface area contributed by atoms with Crippen LogP contribution in [0.2, 0.25) is 0 Å². The number of aryl methyl sites for hydroxylation is 1. The van der Waals surface area contributed by atoms with Gasteiger partial charge in [0.25, 0.3) is 0 Å². The van der Waals surface area contributed by atoms with E-state index in [1.54, 1.807) is 7.11 Å². The smallest absolute Gasteiger partial charge is 0.496 e. The molecule has 3 aliphatic rings. The van der Waals surface area contributed by atoms with Gasteiger partial charge in [-0.15, -0.1) is 0 Å². The number of fused-ring (bicyclic) bond motifs is 3. The Hall–Kier alpha value is -2.90. The van der Waals surface area contributed by atoms with Crippen LogP contribution in [0.25, 0.3) is 16.6 Å². The van der Waals surface area contributed by atoms with Crippen molar-refractivity contribution in [3.63, 3.8) is 0 Å². The molecule has 2 saturated carbocycles. The number of hydrogen-bond donors (Lipinski definition) is 1. The molecule has 2 aromatic carbocycles.